The number of nitrogen functional groups attached to an aromatic ring is 1. The van der Waals surface area contributed by atoms with E-state index in [1.807, 2.05) is 54.6 Å². The minimum absolute atomic E-state index is 0.641. The fourth-order valence-electron chi connectivity index (χ4n) is 2.44. The molecule has 0 atom stereocenters. The maximum Gasteiger partial charge on any atom is 0.119 e. The van der Waals surface area contributed by atoms with Crippen LogP contribution in [-0.4, -0.2) is 16.8 Å². The number of benzene rings is 2. The normalized spacial score (nSPS) is 11.0. The Morgan fingerprint density at radius 2 is 1.83 bits per heavy atom. The zero-order chi connectivity index (χ0) is 16.9. The Labute approximate surface area is 142 Å². The minimum Gasteiger partial charge on any atom is -0.494 e. The Morgan fingerprint density at radius 1 is 1.04 bits per heavy atom. The highest BCUT2D eigenvalue weighted by molar-refractivity contribution is 5.69. The Bertz CT molecular complexity index is 791. The molecule has 0 spiro atoms. The molecule has 3 aromatic rings. The first kappa shape index (κ1) is 16.1. The molecular formula is C20H23N3O. The summed E-state index contributed by atoms with van der Waals surface area (Å²) < 4.78 is 5.83. The van der Waals surface area contributed by atoms with Crippen molar-refractivity contribution in [3.05, 3.63) is 54.6 Å². The summed E-state index contributed by atoms with van der Waals surface area (Å²) in [4.78, 5) is 0. The van der Waals surface area contributed by atoms with Crippen molar-refractivity contribution in [2.75, 3.05) is 12.3 Å². The first-order chi connectivity index (χ1) is 11.6. The zero-order valence-electron chi connectivity index (χ0n) is 14.1. The van der Waals surface area contributed by atoms with Gasteiger partial charge in [0.2, 0.25) is 0 Å². The number of rotatable bonds is 6. The molecule has 0 amide bonds. The van der Waals surface area contributed by atoms with E-state index in [-0.39, 0.29) is 0 Å². The van der Waals surface area contributed by atoms with E-state index in [9.17, 15) is 0 Å². The van der Waals surface area contributed by atoms with Crippen molar-refractivity contribution < 1.29 is 4.74 Å². The number of nitrogens with one attached hydrogen (secondary N) is 1. The summed E-state index contributed by atoms with van der Waals surface area (Å²) in [5.41, 5.74) is 10.5. The van der Waals surface area contributed by atoms with Crippen LogP contribution < -0.4 is 10.5 Å². The van der Waals surface area contributed by atoms with Gasteiger partial charge in [-0.05, 0) is 48.2 Å². The summed E-state index contributed by atoms with van der Waals surface area (Å²) in [6.45, 7) is 5.13. The Hall–Kier alpha value is -2.75. The molecule has 3 rings (SSSR count). The second-order valence-electron chi connectivity index (χ2n) is 6.35. The maximum atomic E-state index is 5.83. The van der Waals surface area contributed by atoms with Gasteiger partial charge in [-0.3, -0.25) is 5.10 Å². The van der Waals surface area contributed by atoms with Crippen LogP contribution in [0.5, 0.6) is 5.75 Å². The molecule has 4 nitrogen and oxygen atoms in total. The topological polar surface area (TPSA) is 63.9 Å². The van der Waals surface area contributed by atoms with E-state index in [0.29, 0.717) is 5.92 Å². The molecule has 0 saturated carbocycles. The lowest BCUT2D eigenvalue weighted by atomic mass is 10.1. The number of nitrogens with zero attached hydrogens (tertiary/aromatic N) is 1. The molecule has 0 saturated heterocycles. The third-order valence-electron chi connectivity index (χ3n) is 3.89. The molecule has 2 aromatic carbocycles. The summed E-state index contributed by atoms with van der Waals surface area (Å²) in [6, 6.07) is 17.8. The van der Waals surface area contributed by atoms with Gasteiger partial charge in [0.1, 0.15) is 5.75 Å². The van der Waals surface area contributed by atoms with Gasteiger partial charge >= 0.3 is 0 Å². The molecule has 3 N–H and O–H groups in total. The smallest absolute Gasteiger partial charge is 0.119 e. The van der Waals surface area contributed by atoms with E-state index in [4.69, 9.17) is 10.5 Å². The van der Waals surface area contributed by atoms with Gasteiger partial charge in [0.25, 0.3) is 0 Å². The molecular weight excluding hydrogens is 298 g/mol. The third kappa shape index (κ3) is 3.96. The molecule has 0 radical (unpaired) electrons. The number of aromatic nitrogens is 2. The Morgan fingerprint density at radius 3 is 2.58 bits per heavy atom. The maximum absolute atomic E-state index is 5.83. The number of hydrogen-bond donors (Lipinski definition) is 2. The number of anilines is 1. The van der Waals surface area contributed by atoms with Crippen LogP contribution in [-0.2, 0) is 0 Å². The van der Waals surface area contributed by atoms with E-state index in [2.05, 4.69) is 24.0 Å². The minimum atomic E-state index is 0.641. The van der Waals surface area contributed by atoms with Crippen molar-refractivity contribution in [2.24, 2.45) is 5.92 Å². The highest BCUT2D eigenvalue weighted by atomic mass is 16.5. The molecule has 0 aliphatic heterocycles. The lowest BCUT2D eigenvalue weighted by Crippen LogP contribution is -2.01. The summed E-state index contributed by atoms with van der Waals surface area (Å²) in [6.07, 6.45) is 1.05. The molecule has 24 heavy (non-hydrogen) atoms. The number of hydrogen-bond acceptors (Lipinski definition) is 3. The van der Waals surface area contributed by atoms with Crippen LogP contribution in [0.3, 0.4) is 0 Å². The largest absolute Gasteiger partial charge is 0.494 e. The van der Waals surface area contributed by atoms with Crippen LogP contribution in [0.15, 0.2) is 54.6 Å². The average molecular weight is 321 g/mol. The van der Waals surface area contributed by atoms with Crippen molar-refractivity contribution in [2.45, 2.75) is 20.3 Å². The van der Waals surface area contributed by atoms with Crippen molar-refractivity contribution in [3.63, 3.8) is 0 Å². The van der Waals surface area contributed by atoms with Crippen LogP contribution in [0, 0.1) is 5.92 Å². The summed E-state index contributed by atoms with van der Waals surface area (Å²) in [7, 11) is 0. The van der Waals surface area contributed by atoms with Gasteiger partial charge in [0, 0.05) is 11.3 Å². The molecule has 0 aliphatic carbocycles. The first-order valence-corrected chi connectivity index (χ1v) is 8.26. The summed E-state index contributed by atoms with van der Waals surface area (Å²) in [5.74, 6) is 1.52. The van der Waals surface area contributed by atoms with E-state index in [0.717, 1.165) is 47.0 Å². The highest BCUT2D eigenvalue weighted by Crippen LogP contribution is 2.26. The van der Waals surface area contributed by atoms with Crippen LogP contribution in [0.1, 0.15) is 20.3 Å². The second kappa shape index (κ2) is 7.21. The molecule has 124 valence electrons. The van der Waals surface area contributed by atoms with E-state index < -0.39 is 0 Å². The molecule has 0 aliphatic rings. The second-order valence-corrected chi connectivity index (χ2v) is 6.35. The zero-order valence-corrected chi connectivity index (χ0v) is 14.1. The van der Waals surface area contributed by atoms with Crippen LogP contribution in [0.25, 0.3) is 22.5 Å². The molecule has 1 aromatic heterocycles. The Balaban J connectivity index is 1.76. The number of ether oxygens (including phenoxy) is 1. The summed E-state index contributed by atoms with van der Waals surface area (Å²) in [5, 5.41) is 7.51. The van der Waals surface area contributed by atoms with Crippen molar-refractivity contribution >= 4 is 5.69 Å². The predicted molar refractivity (Wildman–Crippen MR) is 98.8 cm³/mol. The van der Waals surface area contributed by atoms with Gasteiger partial charge in [-0.15, -0.1) is 0 Å². The first-order valence-electron chi connectivity index (χ1n) is 8.26. The monoisotopic (exact) mass is 321 g/mol. The van der Waals surface area contributed by atoms with Crippen molar-refractivity contribution in [1.29, 1.82) is 0 Å². The highest BCUT2D eigenvalue weighted by Gasteiger charge is 2.07. The number of H-pyrrole nitrogens is 1. The van der Waals surface area contributed by atoms with E-state index in [1.165, 1.54) is 0 Å². The van der Waals surface area contributed by atoms with Crippen molar-refractivity contribution in [1.82, 2.24) is 10.2 Å². The van der Waals surface area contributed by atoms with Gasteiger partial charge in [0.15, 0.2) is 0 Å². The van der Waals surface area contributed by atoms with Gasteiger partial charge in [0.05, 0.1) is 18.0 Å². The number of aromatic amines is 1. The van der Waals surface area contributed by atoms with Crippen LogP contribution >= 0.6 is 0 Å². The molecule has 0 bridgehead atoms. The lowest BCUT2D eigenvalue weighted by Gasteiger charge is -2.08. The van der Waals surface area contributed by atoms with Gasteiger partial charge in [-0.2, -0.15) is 5.10 Å². The predicted octanol–water partition coefficient (Wildman–Crippen LogP) is 4.75. The standard InChI is InChI=1S/C20H23N3O/c1-14(2)10-11-24-18-5-3-4-16(12-18)20-13-19(22-23-20)15-6-8-17(21)9-7-15/h3-9,12-14H,10-11,21H2,1-2H3,(H,22,23). The molecule has 0 fully saturated rings. The summed E-state index contributed by atoms with van der Waals surface area (Å²) >= 11 is 0. The quantitative estimate of drug-likeness (QED) is 0.644. The molecule has 4 heteroatoms. The van der Waals surface area contributed by atoms with Crippen molar-refractivity contribution in [3.8, 4) is 28.3 Å². The average Bonchev–Trinajstić information content (AvgIpc) is 3.05. The Kier molecular flexibility index (Phi) is 4.85. The molecule has 0 unspecified atom stereocenters. The van der Waals surface area contributed by atoms with Crippen LogP contribution in [0.2, 0.25) is 0 Å². The van der Waals surface area contributed by atoms with Gasteiger partial charge in [-0.25, -0.2) is 0 Å². The fraction of sp³-hybridized carbons (Fsp3) is 0.250. The fourth-order valence-corrected chi connectivity index (χ4v) is 2.44. The molecule has 1 heterocycles. The lowest BCUT2D eigenvalue weighted by molar-refractivity contribution is 0.289. The van der Waals surface area contributed by atoms with Gasteiger partial charge in [-0.1, -0.05) is 38.1 Å². The van der Waals surface area contributed by atoms with Crippen LogP contribution in [0.4, 0.5) is 5.69 Å². The number of nitrogens with two attached hydrogens (primary N) is 1. The SMILES string of the molecule is CC(C)CCOc1cccc(-c2cc(-c3ccc(N)cc3)[nH]n2)c1. The third-order valence-corrected chi connectivity index (χ3v) is 3.89. The van der Waals surface area contributed by atoms with Gasteiger partial charge < -0.3 is 10.5 Å². The van der Waals surface area contributed by atoms with E-state index >= 15 is 0 Å². The van der Waals surface area contributed by atoms with E-state index in [1.54, 1.807) is 0 Å².